The Hall–Kier alpha value is -1.66. The molecule has 0 fully saturated rings. The minimum absolute atomic E-state index is 0.0303. The number of aromatic amines is 1. The number of fused-ring (bicyclic) bond motifs is 1. The van der Waals surface area contributed by atoms with Gasteiger partial charge in [-0.2, -0.15) is 0 Å². The summed E-state index contributed by atoms with van der Waals surface area (Å²) in [6.07, 6.45) is 0. The molecular weight excluding hydrogens is 210 g/mol. The Morgan fingerprint density at radius 1 is 1.25 bits per heavy atom. The Morgan fingerprint density at radius 2 is 1.94 bits per heavy atom. The topological polar surface area (TPSA) is 98.7 Å². The Kier molecular flexibility index (Phi) is 3.02. The van der Waals surface area contributed by atoms with Crippen molar-refractivity contribution in [3.05, 3.63) is 12.1 Å². The number of rotatable bonds is 5. The Balaban J connectivity index is 2.25. The smallest absolute Gasteiger partial charge is 0.193 e. The van der Waals surface area contributed by atoms with Crippen molar-refractivity contribution in [3.63, 3.8) is 0 Å². The number of H-pyrrole nitrogens is 1. The molecule has 0 amide bonds. The van der Waals surface area contributed by atoms with Crippen LogP contribution in [0.3, 0.4) is 0 Å². The zero-order chi connectivity index (χ0) is 11.5. The van der Waals surface area contributed by atoms with Gasteiger partial charge in [0.25, 0.3) is 0 Å². The van der Waals surface area contributed by atoms with E-state index in [9.17, 15) is 0 Å². The van der Waals surface area contributed by atoms with E-state index in [-0.39, 0.29) is 13.2 Å². The number of anilines is 2. The minimum Gasteiger partial charge on any atom is -0.439 e. The third-order valence-electron chi connectivity index (χ3n) is 2.39. The molecule has 0 aliphatic heterocycles. The van der Waals surface area contributed by atoms with E-state index in [1.807, 2.05) is 4.90 Å². The summed E-state index contributed by atoms with van der Waals surface area (Å²) in [4.78, 5) is 4.96. The normalized spacial score (nSPS) is 11.1. The Labute approximate surface area is 92.3 Å². The fourth-order valence-electron chi connectivity index (χ4n) is 1.69. The van der Waals surface area contributed by atoms with Gasteiger partial charge in [-0.25, -0.2) is 0 Å². The van der Waals surface area contributed by atoms with Gasteiger partial charge in [-0.3, -0.25) is 0 Å². The lowest BCUT2D eigenvalue weighted by Gasteiger charge is -2.20. The zero-order valence-electron chi connectivity index (χ0n) is 8.81. The molecule has 2 heterocycles. The van der Waals surface area contributed by atoms with Crippen molar-refractivity contribution in [2.45, 2.75) is 0 Å². The average molecular weight is 225 g/mol. The molecule has 0 radical (unpaired) electrons. The lowest BCUT2D eigenvalue weighted by atomic mass is 10.4. The summed E-state index contributed by atoms with van der Waals surface area (Å²) in [5.74, 6) is 1.17. The van der Waals surface area contributed by atoms with Crippen LogP contribution in [-0.4, -0.2) is 41.5 Å². The van der Waals surface area contributed by atoms with Crippen molar-refractivity contribution in [2.75, 3.05) is 36.9 Å². The average Bonchev–Trinajstić information content (AvgIpc) is 2.74. The van der Waals surface area contributed by atoms with Gasteiger partial charge in [0.2, 0.25) is 0 Å². The number of nitrogens with zero attached hydrogens (tertiary/aromatic N) is 1. The van der Waals surface area contributed by atoms with Crippen LogP contribution < -0.4 is 10.6 Å². The maximum Gasteiger partial charge on any atom is 0.193 e. The van der Waals surface area contributed by atoms with Crippen molar-refractivity contribution >= 4 is 22.8 Å². The molecule has 0 atom stereocenters. The van der Waals surface area contributed by atoms with Crippen LogP contribution in [0.15, 0.2) is 16.5 Å². The van der Waals surface area contributed by atoms with E-state index >= 15 is 0 Å². The fraction of sp³-hybridized carbons (Fsp3) is 0.400. The lowest BCUT2D eigenvalue weighted by molar-refractivity contribution is 0.281. The van der Waals surface area contributed by atoms with E-state index in [2.05, 4.69) is 4.98 Å². The van der Waals surface area contributed by atoms with E-state index in [0.717, 1.165) is 11.3 Å². The third kappa shape index (κ3) is 1.98. The number of hydrogen-bond donors (Lipinski definition) is 4. The summed E-state index contributed by atoms with van der Waals surface area (Å²) in [7, 11) is 0. The van der Waals surface area contributed by atoms with Crippen LogP contribution in [-0.2, 0) is 0 Å². The summed E-state index contributed by atoms with van der Waals surface area (Å²) in [6, 6.07) is 3.51. The molecule has 0 aliphatic carbocycles. The van der Waals surface area contributed by atoms with E-state index in [4.69, 9.17) is 20.4 Å². The zero-order valence-corrected chi connectivity index (χ0v) is 8.81. The molecule has 0 aliphatic rings. The molecule has 2 aromatic heterocycles. The predicted octanol–water partition coefficient (Wildman–Crippen LogP) is 0.134. The molecule has 6 heteroatoms. The van der Waals surface area contributed by atoms with Crippen molar-refractivity contribution < 1.29 is 14.6 Å². The second-order valence-corrected chi connectivity index (χ2v) is 3.52. The van der Waals surface area contributed by atoms with Gasteiger partial charge < -0.3 is 30.2 Å². The highest BCUT2D eigenvalue weighted by Crippen LogP contribution is 2.25. The van der Waals surface area contributed by atoms with E-state index in [1.165, 1.54) is 0 Å². The fourth-order valence-corrected chi connectivity index (χ4v) is 1.69. The quantitative estimate of drug-likeness (QED) is 0.580. The van der Waals surface area contributed by atoms with Crippen molar-refractivity contribution in [2.24, 2.45) is 0 Å². The van der Waals surface area contributed by atoms with Crippen molar-refractivity contribution in [1.82, 2.24) is 4.98 Å². The number of aromatic nitrogens is 1. The number of nitrogens with one attached hydrogen (secondary N) is 1. The first-order chi connectivity index (χ1) is 7.74. The molecule has 88 valence electrons. The molecule has 16 heavy (non-hydrogen) atoms. The molecule has 0 bridgehead atoms. The van der Waals surface area contributed by atoms with Crippen LogP contribution in [0.4, 0.5) is 11.7 Å². The van der Waals surface area contributed by atoms with E-state index < -0.39 is 0 Å². The number of aliphatic hydroxyl groups is 2. The van der Waals surface area contributed by atoms with Gasteiger partial charge in [0, 0.05) is 25.2 Å². The number of nitrogen functional groups attached to an aromatic ring is 1. The number of aliphatic hydroxyl groups excluding tert-OH is 2. The summed E-state index contributed by atoms with van der Waals surface area (Å²) >= 11 is 0. The summed E-state index contributed by atoms with van der Waals surface area (Å²) in [5, 5.41) is 17.8. The van der Waals surface area contributed by atoms with Crippen LogP contribution in [0.5, 0.6) is 0 Å². The number of nitrogens with two attached hydrogens (primary N) is 1. The molecule has 6 nitrogen and oxygen atoms in total. The van der Waals surface area contributed by atoms with Crippen molar-refractivity contribution in [3.8, 4) is 0 Å². The maximum atomic E-state index is 8.91. The van der Waals surface area contributed by atoms with Gasteiger partial charge in [-0.05, 0) is 0 Å². The minimum atomic E-state index is 0.0303. The lowest BCUT2D eigenvalue weighted by Crippen LogP contribution is -2.29. The molecule has 5 N–H and O–H groups in total. The standard InChI is InChI=1S/C10H15N3O3/c11-9-5-7-8(16-9)6-10(12-7)13(1-3-14)2-4-15/h5-6,12,14-15H,1-4,11H2. The van der Waals surface area contributed by atoms with Gasteiger partial charge in [0.15, 0.2) is 11.5 Å². The first-order valence-corrected chi connectivity index (χ1v) is 5.09. The largest absolute Gasteiger partial charge is 0.439 e. The Morgan fingerprint density at radius 3 is 2.50 bits per heavy atom. The molecule has 0 aromatic carbocycles. The summed E-state index contributed by atoms with van der Waals surface area (Å²) < 4.78 is 5.25. The molecule has 2 aromatic rings. The SMILES string of the molecule is Nc1cc2[nH]c(N(CCO)CCO)cc2o1. The summed E-state index contributed by atoms with van der Waals surface area (Å²) in [5.41, 5.74) is 6.99. The molecule has 0 unspecified atom stereocenters. The van der Waals surface area contributed by atoms with Crippen LogP contribution in [0, 0.1) is 0 Å². The second-order valence-electron chi connectivity index (χ2n) is 3.52. The van der Waals surface area contributed by atoms with E-state index in [0.29, 0.717) is 24.6 Å². The van der Waals surface area contributed by atoms with Gasteiger partial charge in [-0.1, -0.05) is 0 Å². The molecular formula is C10H15N3O3. The van der Waals surface area contributed by atoms with Crippen LogP contribution in [0.25, 0.3) is 11.1 Å². The highest BCUT2D eigenvalue weighted by atomic mass is 16.3. The third-order valence-corrected chi connectivity index (χ3v) is 2.39. The highest BCUT2D eigenvalue weighted by molar-refractivity contribution is 5.81. The van der Waals surface area contributed by atoms with Gasteiger partial charge in [0.1, 0.15) is 5.82 Å². The van der Waals surface area contributed by atoms with Crippen LogP contribution in [0.2, 0.25) is 0 Å². The molecule has 2 rings (SSSR count). The van der Waals surface area contributed by atoms with Gasteiger partial charge in [-0.15, -0.1) is 0 Å². The number of hydrogen-bond acceptors (Lipinski definition) is 5. The second kappa shape index (κ2) is 4.46. The maximum absolute atomic E-state index is 8.91. The first kappa shape index (κ1) is 10.8. The predicted molar refractivity (Wildman–Crippen MR) is 61.4 cm³/mol. The molecule has 0 saturated heterocycles. The monoisotopic (exact) mass is 225 g/mol. The van der Waals surface area contributed by atoms with E-state index in [1.54, 1.807) is 12.1 Å². The van der Waals surface area contributed by atoms with Gasteiger partial charge >= 0.3 is 0 Å². The Bertz CT molecular complexity index is 425. The molecule has 0 spiro atoms. The number of furan rings is 1. The summed E-state index contributed by atoms with van der Waals surface area (Å²) in [6.45, 7) is 0.976. The highest BCUT2D eigenvalue weighted by Gasteiger charge is 2.11. The van der Waals surface area contributed by atoms with Crippen molar-refractivity contribution in [1.29, 1.82) is 0 Å². The van der Waals surface area contributed by atoms with Crippen LogP contribution in [0.1, 0.15) is 0 Å². The van der Waals surface area contributed by atoms with Gasteiger partial charge in [0.05, 0.1) is 18.7 Å². The first-order valence-electron chi connectivity index (χ1n) is 5.09. The molecule has 0 saturated carbocycles. The van der Waals surface area contributed by atoms with Crippen LogP contribution >= 0.6 is 0 Å².